The van der Waals surface area contributed by atoms with Gasteiger partial charge in [-0.3, -0.25) is 10.1 Å². The van der Waals surface area contributed by atoms with Gasteiger partial charge in [-0.15, -0.1) is 11.6 Å². The number of nitrogens with one attached hydrogen (secondary N) is 3. The lowest BCUT2D eigenvalue weighted by atomic mass is 10.4. The SMILES string of the molecule is CS(=O)(=O)NCCCNC(=O)NC(=O)CCl. The van der Waals surface area contributed by atoms with E-state index in [-0.39, 0.29) is 19.0 Å². The first-order valence-electron chi connectivity index (χ1n) is 4.43. The highest BCUT2D eigenvalue weighted by Gasteiger charge is 2.05. The normalized spacial score (nSPS) is 10.9. The van der Waals surface area contributed by atoms with E-state index in [0.717, 1.165) is 6.26 Å². The summed E-state index contributed by atoms with van der Waals surface area (Å²) in [5.41, 5.74) is 0. The van der Waals surface area contributed by atoms with E-state index in [0.29, 0.717) is 6.42 Å². The first-order chi connectivity index (χ1) is 7.35. The Morgan fingerprint density at radius 3 is 2.38 bits per heavy atom. The predicted molar refractivity (Wildman–Crippen MR) is 59.7 cm³/mol. The van der Waals surface area contributed by atoms with Gasteiger partial charge in [0.2, 0.25) is 15.9 Å². The molecule has 0 saturated carbocycles. The summed E-state index contributed by atoms with van der Waals surface area (Å²) in [6.07, 6.45) is 1.47. The van der Waals surface area contributed by atoms with Crippen LogP contribution in [-0.2, 0) is 14.8 Å². The van der Waals surface area contributed by atoms with Crippen molar-refractivity contribution < 1.29 is 18.0 Å². The number of hydrogen-bond acceptors (Lipinski definition) is 4. The lowest BCUT2D eigenvalue weighted by molar-refractivity contribution is -0.117. The van der Waals surface area contributed by atoms with Crippen LogP contribution in [0.15, 0.2) is 0 Å². The zero-order valence-electron chi connectivity index (χ0n) is 8.75. The van der Waals surface area contributed by atoms with Crippen molar-refractivity contribution in [3.8, 4) is 0 Å². The number of imide groups is 1. The quantitative estimate of drug-likeness (QED) is 0.425. The average Bonchev–Trinajstić information content (AvgIpc) is 2.15. The third kappa shape index (κ3) is 9.69. The Labute approximate surface area is 99.0 Å². The van der Waals surface area contributed by atoms with E-state index in [2.05, 4.69) is 10.0 Å². The molecule has 0 heterocycles. The Bertz CT molecular complexity index is 344. The van der Waals surface area contributed by atoms with E-state index in [9.17, 15) is 18.0 Å². The van der Waals surface area contributed by atoms with Crippen molar-refractivity contribution in [3.63, 3.8) is 0 Å². The smallest absolute Gasteiger partial charge is 0.321 e. The van der Waals surface area contributed by atoms with Gasteiger partial charge in [-0.05, 0) is 6.42 Å². The molecule has 0 aromatic carbocycles. The van der Waals surface area contributed by atoms with Crippen molar-refractivity contribution in [2.75, 3.05) is 25.2 Å². The van der Waals surface area contributed by atoms with Crippen molar-refractivity contribution in [3.05, 3.63) is 0 Å². The van der Waals surface area contributed by atoms with Gasteiger partial charge in [0.1, 0.15) is 5.88 Å². The monoisotopic (exact) mass is 271 g/mol. The summed E-state index contributed by atoms with van der Waals surface area (Å²) in [6.45, 7) is 0.479. The number of sulfonamides is 1. The molecule has 16 heavy (non-hydrogen) atoms. The first-order valence-corrected chi connectivity index (χ1v) is 6.86. The molecule has 3 amide bonds. The Balaban J connectivity index is 3.52. The molecule has 0 unspecified atom stereocenters. The average molecular weight is 272 g/mol. The summed E-state index contributed by atoms with van der Waals surface area (Å²) >= 11 is 5.16. The lowest BCUT2D eigenvalue weighted by Crippen LogP contribution is -2.41. The fourth-order valence-corrected chi connectivity index (χ4v) is 1.33. The van der Waals surface area contributed by atoms with Gasteiger partial charge >= 0.3 is 6.03 Å². The van der Waals surface area contributed by atoms with Crippen LogP contribution in [0.1, 0.15) is 6.42 Å². The molecule has 0 spiro atoms. The Hall–Kier alpha value is -0.860. The van der Waals surface area contributed by atoms with Gasteiger partial charge in [0.05, 0.1) is 6.26 Å². The van der Waals surface area contributed by atoms with E-state index >= 15 is 0 Å². The van der Waals surface area contributed by atoms with Crippen LogP contribution in [0.2, 0.25) is 0 Å². The molecule has 0 saturated heterocycles. The number of amides is 3. The summed E-state index contributed by atoms with van der Waals surface area (Å²) in [4.78, 5) is 21.6. The lowest BCUT2D eigenvalue weighted by Gasteiger charge is -2.05. The summed E-state index contributed by atoms with van der Waals surface area (Å²) in [5, 5.41) is 4.35. The maximum absolute atomic E-state index is 10.9. The van der Waals surface area contributed by atoms with Gasteiger partial charge in [0.15, 0.2) is 0 Å². The largest absolute Gasteiger partial charge is 0.338 e. The molecule has 0 atom stereocenters. The summed E-state index contributed by atoms with van der Waals surface area (Å²) in [7, 11) is -3.20. The van der Waals surface area contributed by atoms with Crippen LogP contribution in [0, 0.1) is 0 Å². The molecular weight excluding hydrogens is 258 g/mol. The molecule has 0 aliphatic carbocycles. The minimum Gasteiger partial charge on any atom is -0.338 e. The van der Waals surface area contributed by atoms with Crippen LogP contribution >= 0.6 is 11.6 Å². The second-order valence-electron chi connectivity index (χ2n) is 2.96. The van der Waals surface area contributed by atoms with Gasteiger partial charge in [0, 0.05) is 13.1 Å². The molecule has 0 aliphatic rings. The molecule has 3 N–H and O–H groups in total. The van der Waals surface area contributed by atoms with E-state index < -0.39 is 22.0 Å². The molecule has 0 aromatic heterocycles. The third-order valence-corrected chi connectivity index (χ3v) is 2.35. The van der Waals surface area contributed by atoms with Crippen molar-refractivity contribution in [1.29, 1.82) is 0 Å². The second kappa shape index (κ2) is 7.42. The van der Waals surface area contributed by atoms with Crippen molar-refractivity contribution in [2.45, 2.75) is 6.42 Å². The Morgan fingerprint density at radius 1 is 1.25 bits per heavy atom. The number of halogens is 1. The highest BCUT2D eigenvalue weighted by molar-refractivity contribution is 7.88. The van der Waals surface area contributed by atoms with Gasteiger partial charge in [0.25, 0.3) is 0 Å². The van der Waals surface area contributed by atoms with Crippen molar-refractivity contribution in [2.24, 2.45) is 0 Å². The number of carbonyl (C=O) groups is 2. The maximum Gasteiger partial charge on any atom is 0.321 e. The first kappa shape index (κ1) is 15.1. The molecule has 0 bridgehead atoms. The van der Waals surface area contributed by atoms with Gasteiger partial charge < -0.3 is 5.32 Å². The fourth-order valence-electron chi connectivity index (χ4n) is 0.752. The van der Waals surface area contributed by atoms with E-state index in [1.54, 1.807) is 0 Å². The number of urea groups is 1. The molecule has 0 rings (SSSR count). The molecule has 0 aromatic rings. The minimum absolute atomic E-state index is 0.225. The molecule has 0 radical (unpaired) electrons. The highest BCUT2D eigenvalue weighted by Crippen LogP contribution is 1.79. The Kier molecular flexibility index (Phi) is 7.02. The zero-order valence-corrected chi connectivity index (χ0v) is 10.3. The molecule has 0 fully saturated rings. The van der Waals surface area contributed by atoms with Gasteiger partial charge in [-0.2, -0.15) is 0 Å². The van der Waals surface area contributed by atoms with Crippen LogP contribution < -0.4 is 15.4 Å². The maximum atomic E-state index is 10.9. The van der Waals surface area contributed by atoms with Crippen LogP contribution in [0.25, 0.3) is 0 Å². The zero-order chi connectivity index (χ0) is 12.6. The van der Waals surface area contributed by atoms with Gasteiger partial charge in [-0.1, -0.05) is 0 Å². The topological polar surface area (TPSA) is 104 Å². The summed E-state index contributed by atoms with van der Waals surface area (Å²) in [6, 6.07) is -0.648. The summed E-state index contributed by atoms with van der Waals surface area (Å²) in [5.74, 6) is -0.878. The standard InChI is InChI=1S/C7H14ClN3O4S/c1-16(14,15)10-4-2-3-9-7(13)11-6(12)5-8/h10H,2-5H2,1H3,(H2,9,11,12,13). The van der Waals surface area contributed by atoms with Crippen LogP contribution in [0.4, 0.5) is 4.79 Å². The van der Waals surface area contributed by atoms with Crippen molar-refractivity contribution >= 4 is 33.6 Å². The molecule has 9 heteroatoms. The second-order valence-corrected chi connectivity index (χ2v) is 5.06. The van der Waals surface area contributed by atoms with E-state index in [4.69, 9.17) is 11.6 Å². The molecule has 0 aliphatic heterocycles. The molecule has 7 nitrogen and oxygen atoms in total. The summed E-state index contributed by atoms with van der Waals surface area (Å²) < 4.78 is 23.5. The predicted octanol–water partition coefficient (Wildman–Crippen LogP) is -1.01. The third-order valence-electron chi connectivity index (χ3n) is 1.38. The number of rotatable bonds is 6. The highest BCUT2D eigenvalue weighted by atomic mass is 35.5. The molecular formula is C7H14ClN3O4S. The van der Waals surface area contributed by atoms with Crippen LogP contribution in [0.3, 0.4) is 0 Å². The van der Waals surface area contributed by atoms with Crippen LogP contribution in [0.5, 0.6) is 0 Å². The van der Waals surface area contributed by atoms with E-state index in [1.165, 1.54) is 0 Å². The number of alkyl halides is 1. The minimum atomic E-state index is -3.20. The molecule has 94 valence electrons. The number of carbonyl (C=O) groups excluding carboxylic acids is 2. The number of hydrogen-bond donors (Lipinski definition) is 3. The fraction of sp³-hybridized carbons (Fsp3) is 0.714. The van der Waals surface area contributed by atoms with Crippen LogP contribution in [-0.4, -0.2) is 45.6 Å². The Morgan fingerprint density at radius 2 is 1.88 bits per heavy atom. The van der Waals surface area contributed by atoms with Crippen molar-refractivity contribution in [1.82, 2.24) is 15.4 Å². The van der Waals surface area contributed by atoms with Gasteiger partial charge in [-0.25, -0.2) is 17.9 Å². The van der Waals surface area contributed by atoms with E-state index in [1.807, 2.05) is 5.32 Å².